The minimum absolute atomic E-state index is 0.0944. The number of ether oxygens (including phenoxy) is 3. The lowest BCUT2D eigenvalue weighted by molar-refractivity contribution is -0.120. The maximum Gasteiger partial charge on any atom is 0.387 e. The van der Waals surface area contributed by atoms with E-state index in [1.165, 1.54) is 42.9 Å². The number of amides is 1. The van der Waals surface area contributed by atoms with Crippen LogP contribution in [0.2, 0.25) is 0 Å². The molecule has 2 aromatic rings. The molecule has 168 valence electrons. The number of esters is 1. The molecule has 0 fully saturated rings. The van der Waals surface area contributed by atoms with Crippen LogP contribution in [-0.2, 0) is 14.4 Å². The summed E-state index contributed by atoms with van der Waals surface area (Å²) in [6, 6.07) is 4.20. The molecular formula is C20H22F2N2O6S. The van der Waals surface area contributed by atoms with E-state index in [0.717, 1.165) is 10.4 Å². The van der Waals surface area contributed by atoms with Crippen molar-refractivity contribution in [3.05, 3.63) is 39.8 Å². The van der Waals surface area contributed by atoms with E-state index in [0.29, 0.717) is 16.1 Å². The van der Waals surface area contributed by atoms with Gasteiger partial charge in [0, 0.05) is 10.4 Å². The van der Waals surface area contributed by atoms with Gasteiger partial charge in [-0.15, -0.1) is 11.3 Å². The first-order chi connectivity index (χ1) is 14.8. The Kier molecular flexibility index (Phi) is 8.74. The van der Waals surface area contributed by atoms with Crippen LogP contribution in [-0.4, -0.2) is 45.0 Å². The van der Waals surface area contributed by atoms with Gasteiger partial charge in [-0.1, -0.05) is 5.16 Å². The van der Waals surface area contributed by atoms with Gasteiger partial charge in [0.1, 0.15) is 5.00 Å². The fourth-order valence-corrected chi connectivity index (χ4v) is 3.54. The Morgan fingerprint density at radius 2 is 2.00 bits per heavy atom. The lowest BCUT2D eigenvalue weighted by Crippen LogP contribution is -2.18. The van der Waals surface area contributed by atoms with Gasteiger partial charge < -0.3 is 24.4 Å². The number of methoxy groups -OCH3 is 1. The Balaban J connectivity index is 1.96. The number of halogens is 2. The van der Waals surface area contributed by atoms with Crippen molar-refractivity contribution in [2.45, 2.75) is 27.4 Å². The predicted molar refractivity (Wildman–Crippen MR) is 112 cm³/mol. The number of nitrogens with zero attached hydrogens (tertiary/aromatic N) is 1. The van der Waals surface area contributed by atoms with Crippen LogP contribution < -0.4 is 14.8 Å². The molecule has 11 heteroatoms. The monoisotopic (exact) mass is 456 g/mol. The van der Waals surface area contributed by atoms with Crippen molar-refractivity contribution in [3.8, 4) is 11.5 Å². The normalized spacial score (nSPS) is 10.9. The van der Waals surface area contributed by atoms with E-state index in [2.05, 4.69) is 15.2 Å². The highest BCUT2D eigenvalue weighted by atomic mass is 32.1. The number of alkyl halides is 2. The van der Waals surface area contributed by atoms with Gasteiger partial charge in [0.15, 0.2) is 18.1 Å². The van der Waals surface area contributed by atoms with Crippen molar-refractivity contribution in [1.29, 1.82) is 0 Å². The van der Waals surface area contributed by atoms with Crippen LogP contribution in [0.5, 0.6) is 11.5 Å². The van der Waals surface area contributed by atoms with Gasteiger partial charge >= 0.3 is 12.6 Å². The summed E-state index contributed by atoms with van der Waals surface area (Å²) in [6.45, 7) is 2.16. The molecule has 8 nitrogen and oxygen atoms in total. The maximum atomic E-state index is 12.4. The summed E-state index contributed by atoms with van der Waals surface area (Å²) in [4.78, 5) is 30.2. The zero-order chi connectivity index (χ0) is 23.0. The molecule has 0 radical (unpaired) electrons. The molecule has 1 amide bonds. The molecule has 0 saturated carbocycles. The molecule has 0 atom stereocenters. The van der Waals surface area contributed by atoms with Crippen LogP contribution in [0.4, 0.5) is 13.8 Å². The molecule has 0 aliphatic rings. The third-order valence-electron chi connectivity index (χ3n) is 3.99. The van der Waals surface area contributed by atoms with Crippen LogP contribution in [0.25, 0.3) is 0 Å². The van der Waals surface area contributed by atoms with E-state index in [4.69, 9.17) is 14.3 Å². The average molecular weight is 456 g/mol. The number of benzene rings is 1. The molecule has 1 aromatic heterocycles. The minimum atomic E-state index is -2.98. The molecule has 31 heavy (non-hydrogen) atoms. The van der Waals surface area contributed by atoms with Crippen LogP contribution in [0.1, 0.15) is 33.3 Å². The van der Waals surface area contributed by atoms with E-state index in [1.54, 1.807) is 13.8 Å². The number of carbonyl (C=O) groups excluding carboxylic acids is 2. The van der Waals surface area contributed by atoms with Crippen LogP contribution in [0, 0.1) is 13.8 Å². The second-order valence-corrected chi connectivity index (χ2v) is 7.28. The Hall–Kier alpha value is -3.21. The number of oxime groups is 1. The molecule has 1 N–H and O–H groups in total. The molecule has 2 rings (SSSR count). The highest BCUT2D eigenvalue weighted by Crippen LogP contribution is 2.33. The van der Waals surface area contributed by atoms with Gasteiger partial charge in [0.05, 0.1) is 25.5 Å². The first kappa shape index (κ1) is 24.1. The quantitative estimate of drug-likeness (QED) is 0.328. The zero-order valence-electron chi connectivity index (χ0n) is 17.4. The van der Waals surface area contributed by atoms with Crippen molar-refractivity contribution in [3.63, 3.8) is 0 Å². The highest BCUT2D eigenvalue weighted by molar-refractivity contribution is 7.16. The van der Waals surface area contributed by atoms with Crippen LogP contribution in [0.3, 0.4) is 0 Å². The molecule has 0 bridgehead atoms. The predicted octanol–water partition coefficient (Wildman–Crippen LogP) is 4.14. The minimum Gasteiger partial charge on any atom is -0.493 e. The summed E-state index contributed by atoms with van der Waals surface area (Å²) >= 11 is 1.26. The number of anilines is 1. The molecule has 0 unspecified atom stereocenters. The van der Waals surface area contributed by atoms with Crippen molar-refractivity contribution >= 4 is 34.4 Å². The number of nitrogens with one attached hydrogen (secondary N) is 1. The summed E-state index contributed by atoms with van der Waals surface area (Å²) in [6.07, 6.45) is 1.28. The van der Waals surface area contributed by atoms with Crippen LogP contribution >= 0.6 is 11.3 Å². The largest absolute Gasteiger partial charge is 0.493 e. The zero-order valence-corrected chi connectivity index (χ0v) is 18.2. The molecule has 1 aromatic carbocycles. The summed E-state index contributed by atoms with van der Waals surface area (Å²) in [5.74, 6) is -1.04. The number of carbonyl (C=O) groups is 2. The average Bonchev–Trinajstić information content (AvgIpc) is 2.99. The first-order valence-corrected chi connectivity index (χ1v) is 9.93. The molecule has 0 aliphatic heterocycles. The number of aryl methyl sites for hydroxylation is 1. The molecule has 0 saturated heterocycles. The molecule has 1 heterocycles. The lowest BCUT2D eigenvalue weighted by Gasteiger charge is -2.09. The smallest absolute Gasteiger partial charge is 0.387 e. The summed E-state index contributed by atoms with van der Waals surface area (Å²) in [5, 5.41) is 6.69. The van der Waals surface area contributed by atoms with Crippen molar-refractivity contribution in [2.24, 2.45) is 5.16 Å². The van der Waals surface area contributed by atoms with Crippen LogP contribution in [0.15, 0.2) is 23.4 Å². The fraction of sp³-hybridized carbons (Fsp3) is 0.350. The molecular weight excluding hydrogens is 434 g/mol. The first-order valence-electron chi connectivity index (χ1n) is 9.11. The van der Waals surface area contributed by atoms with E-state index in [9.17, 15) is 18.4 Å². The second-order valence-electron chi connectivity index (χ2n) is 6.05. The SMILES string of the molecule is CCOC(=O)c1c(NC(=O)CO/N=C/c2ccc(OC(F)F)c(OC)c2)sc(C)c1C. The molecule has 0 aliphatic carbocycles. The lowest BCUT2D eigenvalue weighted by atomic mass is 10.1. The van der Waals surface area contributed by atoms with Gasteiger partial charge in [-0.2, -0.15) is 8.78 Å². The maximum absolute atomic E-state index is 12.4. The number of thiophene rings is 1. The van der Waals surface area contributed by atoms with Gasteiger partial charge in [0.2, 0.25) is 0 Å². The van der Waals surface area contributed by atoms with Crippen molar-refractivity contribution < 1.29 is 37.4 Å². The number of hydrogen-bond acceptors (Lipinski definition) is 8. The van der Waals surface area contributed by atoms with E-state index in [1.807, 2.05) is 6.92 Å². The number of hydrogen-bond donors (Lipinski definition) is 1. The van der Waals surface area contributed by atoms with Gasteiger partial charge in [-0.3, -0.25) is 4.79 Å². The Morgan fingerprint density at radius 1 is 1.26 bits per heavy atom. The Morgan fingerprint density at radius 3 is 2.65 bits per heavy atom. The third kappa shape index (κ3) is 6.64. The summed E-state index contributed by atoms with van der Waals surface area (Å²) in [5.41, 5.74) is 1.54. The second kappa shape index (κ2) is 11.3. The van der Waals surface area contributed by atoms with E-state index >= 15 is 0 Å². The van der Waals surface area contributed by atoms with Gasteiger partial charge in [0.25, 0.3) is 5.91 Å². The Labute approximate surface area is 181 Å². The topological polar surface area (TPSA) is 95.5 Å². The van der Waals surface area contributed by atoms with Gasteiger partial charge in [-0.25, -0.2) is 4.79 Å². The standard InChI is InChI=1S/C20H22F2N2O6S/c1-5-28-19(26)17-11(2)12(3)31-18(17)24-16(25)10-29-23-9-13-6-7-14(30-20(21)22)15(8-13)27-4/h6-9,20H,5,10H2,1-4H3,(H,24,25)/b23-9+. The Bertz CT molecular complexity index is 961. The number of rotatable bonds is 10. The van der Waals surface area contributed by atoms with Crippen molar-refractivity contribution in [2.75, 3.05) is 25.6 Å². The van der Waals surface area contributed by atoms with Gasteiger partial charge in [-0.05, 0) is 44.5 Å². The highest BCUT2D eigenvalue weighted by Gasteiger charge is 2.22. The summed E-state index contributed by atoms with van der Waals surface area (Å²) < 4.78 is 39.1. The third-order valence-corrected chi connectivity index (χ3v) is 5.12. The van der Waals surface area contributed by atoms with E-state index in [-0.39, 0.29) is 18.1 Å². The summed E-state index contributed by atoms with van der Waals surface area (Å²) in [7, 11) is 1.31. The van der Waals surface area contributed by atoms with E-state index < -0.39 is 25.1 Å². The van der Waals surface area contributed by atoms with Crippen molar-refractivity contribution in [1.82, 2.24) is 0 Å². The fourth-order valence-electron chi connectivity index (χ4n) is 2.48. The molecule has 0 spiro atoms.